The molecule has 1 fully saturated rings. The first-order chi connectivity index (χ1) is 16.5. The number of nitrogens with zero attached hydrogens (tertiary/aromatic N) is 1. The average Bonchev–Trinajstić information content (AvgIpc) is 3.16. The number of Topliss-reactive ketones (excluding diaryl/α,β-unsaturated/α-hetero) is 1. The van der Waals surface area contributed by atoms with E-state index in [-0.39, 0.29) is 25.4 Å². The lowest BCUT2D eigenvalue weighted by Gasteiger charge is -2.27. The van der Waals surface area contributed by atoms with E-state index in [2.05, 4.69) is 10.3 Å². The minimum atomic E-state index is -1.52. The summed E-state index contributed by atoms with van der Waals surface area (Å²) in [6, 6.07) is 21.0. The van der Waals surface area contributed by atoms with E-state index in [0.717, 1.165) is 17.3 Å². The second kappa shape index (κ2) is 10.5. The number of pyridine rings is 1. The number of aliphatic hydroxyl groups excluding tert-OH is 1. The highest BCUT2D eigenvalue weighted by molar-refractivity contribution is 8.15. The van der Waals surface area contributed by atoms with Crippen LogP contribution < -0.4 is 10.1 Å². The number of nitrogens with one attached hydrogen (secondary N) is 1. The average molecular weight is 479 g/mol. The number of hydrogen-bond acceptors (Lipinski definition) is 8. The highest BCUT2D eigenvalue weighted by atomic mass is 32.2. The predicted molar refractivity (Wildman–Crippen MR) is 125 cm³/mol. The van der Waals surface area contributed by atoms with E-state index in [1.807, 2.05) is 30.3 Å². The SMILES string of the molecule is O=C1NC(O)[C@](Cc2ccc(OCC(=O)c3ccccn3)cc2)(C(=O)OCc2ccccc2)S1. The monoisotopic (exact) mass is 478 g/mol. The van der Waals surface area contributed by atoms with Gasteiger partial charge >= 0.3 is 5.97 Å². The lowest BCUT2D eigenvalue weighted by Crippen LogP contribution is -2.50. The maximum atomic E-state index is 13.0. The van der Waals surface area contributed by atoms with Crippen LogP contribution in [0.3, 0.4) is 0 Å². The van der Waals surface area contributed by atoms with Crippen molar-refractivity contribution in [2.45, 2.75) is 24.0 Å². The lowest BCUT2D eigenvalue weighted by molar-refractivity contribution is -0.151. The van der Waals surface area contributed by atoms with Crippen molar-refractivity contribution in [2.24, 2.45) is 0 Å². The van der Waals surface area contributed by atoms with Crippen molar-refractivity contribution in [3.8, 4) is 5.75 Å². The van der Waals surface area contributed by atoms with Crippen molar-refractivity contribution in [1.29, 1.82) is 0 Å². The van der Waals surface area contributed by atoms with Gasteiger partial charge in [0.15, 0.2) is 17.6 Å². The molecule has 0 saturated carbocycles. The molecule has 1 aliphatic heterocycles. The van der Waals surface area contributed by atoms with Gasteiger partial charge in [0.25, 0.3) is 5.24 Å². The van der Waals surface area contributed by atoms with Gasteiger partial charge in [-0.1, -0.05) is 48.5 Å². The van der Waals surface area contributed by atoms with Gasteiger partial charge in [-0.15, -0.1) is 0 Å². The molecule has 3 aromatic rings. The molecule has 1 aromatic heterocycles. The molecule has 4 rings (SSSR count). The van der Waals surface area contributed by atoms with Gasteiger partial charge in [0.05, 0.1) is 0 Å². The van der Waals surface area contributed by atoms with Gasteiger partial charge in [0.1, 0.15) is 18.1 Å². The Kier molecular flexibility index (Phi) is 7.24. The number of esters is 1. The third kappa shape index (κ3) is 5.44. The van der Waals surface area contributed by atoms with Crippen LogP contribution in [0.5, 0.6) is 5.75 Å². The van der Waals surface area contributed by atoms with Gasteiger partial charge < -0.3 is 19.9 Å². The third-order valence-electron chi connectivity index (χ3n) is 5.24. The molecule has 0 bridgehead atoms. The standard InChI is InChI=1S/C25H22N2O6S/c28-21(20-8-4-5-13-26-20)16-32-19-11-9-17(10-12-19)14-25(22(29)27-24(31)34-25)23(30)33-15-18-6-2-1-3-7-18/h1-13,22,29H,14-16H2,(H,27,31)/t22?,25-/m1/s1. The summed E-state index contributed by atoms with van der Waals surface area (Å²) >= 11 is 0.718. The minimum absolute atomic E-state index is 0.0277. The van der Waals surface area contributed by atoms with Gasteiger partial charge in [0, 0.05) is 12.6 Å². The van der Waals surface area contributed by atoms with Crippen LogP contribution in [-0.2, 0) is 22.6 Å². The van der Waals surface area contributed by atoms with Crippen molar-refractivity contribution in [2.75, 3.05) is 6.61 Å². The molecular formula is C25H22N2O6S. The summed E-state index contributed by atoms with van der Waals surface area (Å²) in [5.74, 6) is -0.476. The first kappa shape index (κ1) is 23.5. The summed E-state index contributed by atoms with van der Waals surface area (Å²) in [6.07, 6.45) is 0.191. The zero-order chi connectivity index (χ0) is 24.0. The van der Waals surface area contributed by atoms with Crippen LogP contribution in [0.15, 0.2) is 79.0 Å². The predicted octanol–water partition coefficient (Wildman–Crippen LogP) is 3.14. The number of rotatable bonds is 9. The second-order valence-corrected chi connectivity index (χ2v) is 8.94. The Bertz CT molecular complexity index is 1160. The Morgan fingerprint density at radius 2 is 1.74 bits per heavy atom. The molecule has 9 heteroatoms. The summed E-state index contributed by atoms with van der Waals surface area (Å²) in [6.45, 7) is -0.140. The van der Waals surface area contributed by atoms with Crippen molar-refractivity contribution in [3.05, 3.63) is 95.8 Å². The van der Waals surface area contributed by atoms with Crippen molar-refractivity contribution in [1.82, 2.24) is 10.3 Å². The molecule has 34 heavy (non-hydrogen) atoms. The minimum Gasteiger partial charge on any atom is -0.485 e. The number of ketones is 1. The van der Waals surface area contributed by atoms with Gasteiger partial charge in [-0.3, -0.25) is 19.4 Å². The van der Waals surface area contributed by atoms with Gasteiger partial charge in [-0.05, 0) is 47.2 Å². The summed E-state index contributed by atoms with van der Waals surface area (Å²) in [4.78, 5) is 41.2. The molecule has 1 saturated heterocycles. The number of amides is 1. The molecule has 1 amide bonds. The molecule has 0 spiro atoms. The number of ether oxygens (including phenoxy) is 2. The molecule has 2 N–H and O–H groups in total. The zero-order valence-corrected chi connectivity index (χ0v) is 18.9. The smallest absolute Gasteiger partial charge is 0.328 e. The summed E-state index contributed by atoms with van der Waals surface area (Å²) in [5, 5.41) is 12.4. The molecule has 1 aliphatic rings. The number of aromatic nitrogens is 1. The highest BCUT2D eigenvalue weighted by Crippen LogP contribution is 2.39. The van der Waals surface area contributed by atoms with E-state index in [9.17, 15) is 19.5 Å². The molecule has 2 heterocycles. The molecule has 1 unspecified atom stereocenters. The van der Waals surface area contributed by atoms with Crippen LogP contribution in [0.4, 0.5) is 4.79 Å². The van der Waals surface area contributed by atoms with Crippen molar-refractivity contribution in [3.63, 3.8) is 0 Å². The highest BCUT2D eigenvalue weighted by Gasteiger charge is 2.55. The normalized spacial score (nSPS) is 19.3. The number of aliphatic hydroxyl groups is 1. The summed E-state index contributed by atoms with van der Waals surface area (Å²) < 4.78 is 9.48. The van der Waals surface area contributed by atoms with Crippen molar-refractivity contribution < 1.29 is 29.0 Å². The Hall–Kier alpha value is -3.69. The van der Waals surface area contributed by atoms with E-state index >= 15 is 0 Å². The molecule has 174 valence electrons. The van der Waals surface area contributed by atoms with Crippen LogP contribution in [0, 0.1) is 0 Å². The molecule has 2 aromatic carbocycles. The van der Waals surface area contributed by atoms with Crippen LogP contribution in [0.2, 0.25) is 0 Å². The fourth-order valence-electron chi connectivity index (χ4n) is 3.44. The van der Waals surface area contributed by atoms with Gasteiger partial charge in [0.2, 0.25) is 5.78 Å². The Labute approximate surface area is 200 Å². The molecular weight excluding hydrogens is 456 g/mol. The van der Waals surface area contributed by atoms with E-state index in [4.69, 9.17) is 9.47 Å². The Balaban J connectivity index is 1.42. The fraction of sp³-hybridized carbons (Fsp3) is 0.200. The number of hydrogen-bond donors (Lipinski definition) is 2. The van der Waals surface area contributed by atoms with Crippen LogP contribution in [0.1, 0.15) is 21.6 Å². The molecule has 0 aliphatic carbocycles. The maximum absolute atomic E-state index is 13.0. The number of thioether (sulfide) groups is 1. The first-order valence-electron chi connectivity index (χ1n) is 10.5. The van der Waals surface area contributed by atoms with Gasteiger partial charge in [-0.2, -0.15) is 0 Å². The zero-order valence-electron chi connectivity index (χ0n) is 18.0. The quantitative estimate of drug-likeness (QED) is 0.356. The van der Waals surface area contributed by atoms with E-state index in [1.165, 1.54) is 6.20 Å². The topological polar surface area (TPSA) is 115 Å². The fourth-order valence-corrected chi connectivity index (χ4v) is 4.49. The summed E-state index contributed by atoms with van der Waals surface area (Å²) in [5.41, 5.74) is 1.80. The Morgan fingerprint density at radius 3 is 2.38 bits per heavy atom. The van der Waals surface area contributed by atoms with E-state index in [1.54, 1.807) is 42.5 Å². The lowest BCUT2D eigenvalue weighted by atomic mass is 9.96. The number of carbonyl (C=O) groups is 3. The number of carbonyl (C=O) groups excluding carboxylic acids is 3. The second-order valence-electron chi connectivity index (χ2n) is 7.64. The Morgan fingerprint density at radius 1 is 1.00 bits per heavy atom. The largest absolute Gasteiger partial charge is 0.485 e. The number of benzene rings is 2. The van der Waals surface area contributed by atoms with Gasteiger partial charge in [-0.25, -0.2) is 0 Å². The van der Waals surface area contributed by atoms with E-state index in [0.29, 0.717) is 17.0 Å². The third-order valence-corrected chi connectivity index (χ3v) is 6.44. The molecule has 8 nitrogen and oxygen atoms in total. The molecule has 2 atom stereocenters. The maximum Gasteiger partial charge on any atom is 0.328 e. The van der Waals surface area contributed by atoms with Crippen molar-refractivity contribution >= 4 is 28.8 Å². The summed E-state index contributed by atoms with van der Waals surface area (Å²) in [7, 11) is 0. The first-order valence-corrected chi connectivity index (χ1v) is 11.3. The van der Waals surface area contributed by atoms with E-state index < -0.39 is 22.2 Å². The van der Waals surface area contributed by atoms with Crippen LogP contribution in [-0.4, -0.2) is 44.7 Å². The molecule has 0 radical (unpaired) electrons. The van der Waals surface area contributed by atoms with Crippen LogP contribution in [0.25, 0.3) is 0 Å². The van der Waals surface area contributed by atoms with Crippen LogP contribution >= 0.6 is 11.8 Å².